The summed E-state index contributed by atoms with van der Waals surface area (Å²) in [5.74, 6) is 0.473. The molecule has 0 atom stereocenters. The van der Waals surface area contributed by atoms with Gasteiger partial charge in [0.05, 0.1) is 5.56 Å². The summed E-state index contributed by atoms with van der Waals surface area (Å²) in [5, 5.41) is 2.82. The molecule has 1 aromatic carbocycles. The smallest absolute Gasteiger partial charge is 0.257 e. The van der Waals surface area contributed by atoms with Crippen molar-refractivity contribution in [1.29, 1.82) is 0 Å². The summed E-state index contributed by atoms with van der Waals surface area (Å²) in [7, 11) is 0. The molecular formula is C25H31FN4O2. The van der Waals surface area contributed by atoms with Crippen LogP contribution in [0.4, 0.5) is 10.1 Å². The van der Waals surface area contributed by atoms with Crippen molar-refractivity contribution in [3.8, 4) is 0 Å². The largest absolute Gasteiger partial charge is 0.340 e. The Labute approximate surface area is 188 Å². The quantitative estimate of drug-likeness (QED) is 0.772. The Morgan fingerprint density at radius 3 is 2.47 bits per heavy atom. The molecular weight excluding hydrogens is 407 g/mol. The number of nitrogens with one attached hydrogen (secondary N) is 1. The van der Waals surface area contributed by atoms with Gasteiger partial charge >= 0.3 is 0 Å². The molecule has 6 nitrogen and oxygen atoms in total. The minimum Gasteiger partial charge on any atom is -0.340 e. The fourth-order valence-corrected chi connectivity index (χ4v) is 4.56. The van der Waals surface area contributed by atoms with Crippen molar-refractivity contribution in [2.24, 2.45) is 11.8 Å². The fraction of sp³-hybridized carbons (Fsp3) is 0.480. The average Bonchev–Trinajstić information content (AvgIpc) is 2.75. The van der Waals surface area contributed by atoms with Gasteiger partial charge in [-0.3, -0.25) is 19.5 Å². The molecule has 1 saturated heterocycles. The van der Waals surface area contributed by atoms with Crippen LogP contribution in [0.15, 0.2) is 30.5 Å². The van der Waals surface area contributed by atoms with E-state index in [1.807, 2.05) is 18.7 Å². The number of piperazine rings is 1. The van der Waals surface area contributed by atoms with E-state index in [1.165, 1.54) is 18.3 Å². The van der Waals surface area contributed by atoms with Crippen LogP contribution in [0, 0.1) is 31.5 Å². The average molecular weight is 439 g/mol. The maximum Gasteiger partial charge on any atom is 0.257 e. The van der Waals surface area contributed by atoms with E-state index >= 15 is 0 Å². The van der Waals surface area contributed by atoms with E-state index in [2.05, 4.69) is 22.1 Å². The molecule has 0 bridgehead atoms. The molecule has 2 fully saturated rings. The third kappa shape index (κ3) is 4.99. The highest BCUT2D eigenvalue weighted by Crippen LogP contribution is 2.34. The number of pyridine rings is 1. The van der Waals surface area contributed by atoms with Crippen LogP contribution < -0.4 is 5.32 Å². The second kappa shape index (κ2) is 9.36. The van der Waals surface area contributed by atoms with Crippen molar-refractivity contribution in [3.63, 3.8) is 0 Å². The van der Waals surface area contributed by atoms with Crippen LogP contribution in [-0.4, -0.2) is 52.8 Å². The van der Waals surface area contributed by atoms with E-state index in [-0.39, 0.29) is 17.6 Å². The minimum absolute atomic E-state index is 0.205. The van der Waals surface area contributed by atoms with Crippen LogP contribution in [0.3, 0.4) is 0 Å². The number of hydrogen-bond acceptors (Lipinski definition) is 4. The third-order valence-electron chi connectivity index (χ3n) is 6.70. The van der Waals surface area contributed by atoms with Gasteiger partial charge in [0.1, 0.15) is 5.82 Å². The van der Waals surface area contributed by atoms with Gasteiger partial charge in [-0.2, -0.15) is 0 Å². The van der Waals surface area contributed by atoms with E-state index in [9.17, 15) is 14.0 Å². The Balaban J connectivity index is 1.38. The lowest BCUT2D eigenvalue weighted by molar-refractivity contribution is -0.141. The summed E-state index contributed by atoms with van der Waals surface area (Å²) in [6.45, 7) is 9.48. The molecule has 1 aliphatic carbocycles. The number of carbonyl (C=O) groups excluding carboxylic acids is 2. The molecule has 0 unspecified atom stereocenters. The third-order valence-corrected chi connectivity index (χ3v) is 6.70. The number of aryl methyl sites for hydroxylation is 1. The Kier molecular flexibility index (Phi) is 6.55. The highest BCUT2D eigenvalue weighted by atomic mass is 19.1. The molecule has 0 radical (unpaired) electrons. The Morgan fingerprint density at radius 1 is 1.12 bits per heavy atom. The van der Waals surface area contributed by atoms with E-state index in [0.29, 0.717) is 42.7 Å². The first-order valence-electron chi connectivity index (χ1n) is 11.3. The predicted octanol–water partition coefficient (Wildman–Crippen LogP) is 3.78. The lowest BCUT2D eigenvalue weighted by atomic mass is 9.75. The van der Waals surface area contributed by atoms with Gasteiger partial charge in [-0.25, -0.2) is 4.39 Å². The lowest BCUT2D eigenvalue weighted by Gasteiger charge is -2.40. The standard InChI is InChI=1S/C25H31FN4O2/c1-16-10-20(11-16)25(32)30-8-6-29(7-9-30)15-21-12-22(26)13-23(18(21)3)28-24(31)19-5-4-17(2)27-14-19/h4-5,12-14,16,20H,6-11,15H2,1-3H3,(H,28,31). The molecule has 170 valence electrons. The number of aromatic nitrogens is 1. The van der Waals surface area contributed by atoms with Crippen LogP contribution >= 0.6 is 0 Å². The zero-order valence-electron chi connectivity index (χ0n) is 19.0. The van der Waals surface area contributed by atoms with Crippen molar-refractivity contribution in [1.82, 2.24) is 14.8 Å². The molecule has 2 heterocycles. The maximum atomic E-state index is 14.4. The molecule has 1 saturated carbocycles. The normalized spacial score (nSPS) is 21.2. The minimum atomic E-state index is -0.379. The van der Waals surface area contributed by atoms with Crippen molar-refractivity contribution >= 4 is 17.5 Å². The molecule has 0 spiro atoms. The molecule has 1 aliphatic heterocycles. The van der Waals surface area contributed by atoms with Crippen molar-refractivity contribution in [2.75, 3.05) is 31.5 Å². The summed E-state index contributed by atoms with van der Waals surface area (Å²) >= 11 is 0. The number of halogens is 1. The van der Waals surface area contributed by atoms with Crippen LogP contribution in [0.25, 0.3) is 0 Å². The highest BCUT2D eigenvalue weighted by Gasteiger charge is 2.35. The van der Waals surface area contributed by atoms with E-state index in [4.69, 9.17) is 0 Å². The zero-order valence-corrected chi connectivity index (χ0v) is 19.0. The summed E-state index contributed by atoms with van der Waals surface area (Å²) < 4.78 is 14.4. The van der Waals surface area contributed by atoms with Crippen LogP contribution in [0.1, 0.15) is 46.9 Å². The van der Waals surface area contributed by atoms with Crippen LogP contribution in [0.2, 0.25) is 0 Å². The molecule has 2 amide bonds. The number of anilines is 1. The van der Waals surface area contributed by atoms with Gasteiger partial charge in [-0.15, -0.1) is 0 Å². The monoisotopic (exact) mass is 438 g/mol. The fourth-order valence-electron chi connectivity index (χ4n) is 4.56. The number of benzene rings is 1. The van der Waals surface area contributed by atoms with E-state index in [0.717, 1.165) is 42.8 Å². The predicted molar refractivity (Wildman–Crippen MR) is 122 cm³/mol. The van der Waals surface area contributed by atoms with E-state index < -0.39 is 0 Å². The summed E-state index contributed by atoms with van der Waals surface area (Å²) in [6.07, 6.45) is 3.54. The van der Waals surface area contributed by atoms with Gasteiger partial charge in [0.25, 0.3) is 5.91 Å². The van der Waals surface area contributed by atoms with E-state index in [1.54, 1.807) is 12.1 Å². The van der Waals surface area contributed by atoms with Crippen molar-refractivity contribution in [2.45, 2.75) is 40.2 Å². The first kappa shape index (κ1) is 22.4. The molecule has 2 aromatic rings. The van der Waals surface area contributed by atoms with Crippen molar-refractivity contribution < 1.29 is 14.0 Å². The first-order valence-corrected chi connectivity index (χ1v) is 11.3. The Bertz CT molecular complexity index is 994. The van der Waals surface area contributed by atoms with Gasteiger partial charge < -0.3 is 10.2 Å². The number of nitrogens with zero attached hydrogens (tertiary/aromatic N) is 3. The lowest BCUT2D eigenvalue weighted by Crippen LogP contribution is -2.51. The summed E-state index contributed by atoms with van der Waals surface area (Å²) in [4.78, 5) is 33.5. The topological polar surface area (TPSA) is 65.5 Å². The first-order chi connectivity index (χ1) is 15.3. The number of hydrogen-bond donors (Lipinski definition) is 1. The molecule has 2 aliphatic rings. The molecule has 4 rings (SSSR count). The Morgan fingerprint density at radius 2 is 1.84 bits per heavy atom. The number of amides is 2. The summed E-state index contributed by atoms with van der Waals surface area (Å²) in [5.41, 5.74) is 3.42. The van der Waals surface area contributed by atoms with Crippen LogP contribution in [0.5, 0.6) is 0 Å². The molecule has 1 aromatic heterocycles. The van der Waals surface area contributed by atoms with Crippen LogP contribution in [-0.2, 0) is 11.3 Å². The number of carbonyl (C=O) groups is 2. The Hall–Kier alpha value is -2.80. The second-order valence-corrected chi connectivity index (χ2v) is 9.25. The van der Waals surface area contributed by atoms with Gasteiger partial charge in [-0.1, -0.05) is 6.92 Å². The second-order valence-electron chi connectivity index (χ2n) is 9.25. The highest BCUT2D eigenvalue weighted by molar-refractivity contribution is 6.04. The molecule has 32 heavy (non-hydrogen) atoms. The van der Waals surface area contributed by atoms with Gasteiger partial charge in [-0.05, 0) is 68.0 Å². The maximum absolute atomic E-state index is 14.4. The summed E-state index contributed by atoms with van der Waals surface area (Å²) in [6, 6.07) is 6.37. The van der Waals surface area contributed by atoms with Gasteiger partial charge in [0.15, 0.2) is 0 Å². The SMILES string of the molecule is Cc1ccc(C(=O)Nc2cc(F)cc(CN3CCN(C(=O)C4CC(C)C4)CC3)c2C)cn1. The van der Waals surface area contributed by atoms with Crippen molar-refractivity contribution in [3.05, 3.63) is 58.7 Å². The molecule has 1 N–H and O–H groups in total. The zero-order chi connectivity index (χ0) is 22.8. The molecule has 7 heteroatoms. The number of rotatable bonds is 5. The van der Waals surface area contributed by atoms with Gasteiger partial charge in [0.2, 0.25) is 5.91 Å². The van der Waals surface area contributed by atoms with Gasteiger partial charge in [0, 0.05) is 56.2 Å².